The van der Waals surface area contributed by atoms with Crippen LogP contribution in [0.1, 0.15) is 32.6 Å². The summed E-state index contributed by atoms with van der Waals surface area (Å²) in [4.78, 5) is 11.8. The highest BCUT2D eigenvalue weighted by atomic mass is 16.6. The van der Waals surface area contributed by atoms with Crippen molar-refractivity contribution in [2.45, 2.75) is 44.3 Å². The number of hydrogen-bond donors (Lipinski definition) is 0. The normalized spacial score (nSPS) is 45.7. The Balaban J connectivity index is 2.02. The average Bonchev–Trinajstić information content (AvgIpc) is 2.82. The molecule has 3 fully saturated rings. The number of hydrogen-bond acceptors (Lipinski definition) is 3. The van der Waals surface area contributed by atoms with Gasteiger partial charge in [0.2, 0.25) is 0 Å². The largest absolute Gasteiger partial charge is 0.458 e. The van der Waals surface area contributed by atoms with Gasteiger partial charge in [-0.1, -0.05) is 18.7 Å². The van der Waals surface area contributed by atoms with E-state index in [0.29, 0.717) is 11.5 Å². The minimum absolute atomic E-state index is 0.0725. The Bertz CT molecular complexity index is 453. The second-order valence-electron chi connectivity index (χ2n) is 6.39. The number of esters is 1. The molecule has 5 atom stereocenters. The number of fused-ring (bicyclic) bond motifs is 3. The SMILES string of the molecule is C=C1CC[C@H]2C(=C)C(=O)O[C@@H]2C2C1CC[C@]2(C)OC. The van der Waals surface area contributed by atoms with Crippen LogP contribution in [-0.4, -0.2) is 24.8 Å². The van der Waals surface area contributed by atoms with Crippen LogP contribution in [0.15, 0.2) is 24.3 Å². The monoisotopic (exact) mass is 262 g/mol. The van der Waals surface area contributed by atoms with E-state index in [9.17, 15) is 4.79 Å². The van der Waals surface area contributed by atoms with Crippen molar-refractivity contribution in [3.8, 4) is 0 Å². The van der Waals surface area contributed by atoms with Gasteiger partial charge < -0.3 is 9.47 Å². The number of methoxy groups -OCH3 is 1. The fourth-order valence-corrected chi connectivity index (χ4v) is 4.31. The summed E-state index contributed by atoms with van der Waals surface area (Å²) in [6.45, 7) is 10.3. The number of carbonyl (C=O) groups excluding carboxylic acids is 1. The first-order chi connectivity index (χ1) is 8.98. The quantitative estimate of drug-likeness (QED) is 0.414. The Hall–Kier alpha value is -1.09. The van der Waals surface area contributed by atoms with Crippen molar-refractivity contribution in [3.05, 3.63) is 24.3 Å². The van der Waals surface area contributed by atoms with Gasteiger partial charge in [0.15, 0.2) is 0 Å². The third-order valence-corrected chi connectivity index (χ3v) is 5.56. The molecule has 0 amide bonds. The first kappa shape index (κ1) is 12.9. The molecule has 0 aromatic heterocycles. The third-order valence-electron chi connectivity index (χ3n) is 5.56. The van der Waals surface area contributed by atoms with Crippen LogP contribution in [0.2, 0.25) is 0 Å². The van der Waals surface area contributed by atoms with E-state index in [1.54, 1.807) is 7.11 Å². The van der Waals surface area contributed by atoms with E-state index in [1.165, 1.54) is 5.57 Å². The molecule has 0 aromatic rings. The molecule has 3 rings (SSSR count). The van der Waals surface area contributed by atoms with Gasteiger partial charge >= 0.3 is 5.97 Å². The van der Waals surface area contributed by atoms with Crippen molar-refractivity contribution < 1.29 is 14.3 Å². The molecule has 3 heteroatoms. The van der Waals surface area contributed by atoms with Crippen LogP contribution in [0.3, 0.4) is 0 Å². The molecule has 2 unspecified atom stereocenters. The van der Waals surface area contributed by atoms with Gasteiger partial charge in [-0.25, -0.2) is 4.79 Å². The van der Waals surface area contributed by atoms with Gasteiger partial charge in [0.05, 0.1) is 5.60 Å². The smallest absolute Gasteiger partial charge is 0.334 e. The lowest BCUT2D eigenvalue weighted by molar-refractivity contribution is -0.148. The maximum absolute atomic E-state index is 11.8. The van der Waals surface area contributed by atoms with Gasteiger partial charge in [-0.2, -0.15) is 0 Å². The van der Waals surface area contributed by atoms with E-state index in [-0.39, 0.29) is 29.5 Å². The van der Waals surface area contributed by atoms with Crippen LogP contribution in [0, 0.1) is 17.8 Å². The molecule has 104 valence electrons. The number of rotatable bonds is 1. The zero-order valence-electron chi connectivity index (χ0n) is 11.8. The van der Waals surface area contributed by atoms with Crippen LogP contribution < -0.4 is 0 Å². The van der Waals surface area contributed by atoms with Gasteiger partial charge in [-0.15, -0.1) is 0 Å². The van der Waals surface area contributed by atoms with E-state index in [1.807, 2.05) is 0 Å². The second-order valence-corrected chi connectivity index (χ2v) is 6.39. The summed E-state index contributed by atoms with van der Waals surface area (Å²) in [5, 5.41) is 0. The molecule has 0 bridgehead atoms. The fourth-order valence-electron chi connectivity index (χ4n) is 4.31. The highest BCUT2D eigenvalue weighted by Crippen LogP contribution is 2.54. The topological polar surface area (TPSA) is 35.5 Å². The molecular weight excluding hydrogens is 240 g/mol. The zero-order chi connectivity index (χ0) is 13.8. The molecule has 1 aliphatic heterocycles. The van der Waals surface area contributed by atoms with Crippen molar-refractivity contribution in [2.24, 2.45) is 17.8 Å². The molecule has 1 saturated heterocycles. The van der Waals surface area contributed by atoms with Crippen LogP contribution >= 0.6 is 0 Å². The average molecular weight is 262 g/mol. The Morgan fingerprint density at radius 3 is 2.74 bits per heavy atom. The lowest BCUT2D eigenvalue weighted by Crippen LogP contribution is -2.43. The van der Waals surface area contributed by atoms with E-state index in [2.05, 4.69) is 20.1 Å². The van der Waals surface area contributed by atoms with Crippen molar-refractivity contribution in [2.75, 3.05) is 7.11 Å². The summed E-state index contributed by atoms with van der Waals surface area (Å²) < 4.78 is 11.4. The van der Waals surface area contributed by atoms with Gasteiger partial charge in [-0.05, 0) is 38.5 Å². The van der Waals surface area contributed by atoms with E-state index < -0.39 is 0 Å². The van der Waals surface area contributed by atoms with E-state index in [4.69, 9.17) is 9.47 Å². The van der Waals surface area contributed by atoms with Gasteiger partial charge in [0.25, 0.3) is 0 Å². The summed E-state index contributed by atoms with van der Waals surface area (Å²) in [5.41, 5.74) is 1.72. The summed E-state index contributed by atoms with van der Waals surface area (Å²) in [6, 6.07) is 0. The van der Waals surface area contributed by atoms with Crippen molar-refractivity contribution in [1.82, 2.24) is 0 Å². The Morgan fingerprint density at radius 1 is 1.32 bits per heavy atom. The Labute approximate surface area is 114 Å². The minimum atomic E-state index is -0.217. The first-order valence-electron chi connectivity index (χ1n) is 7.10. The maximum atomic E-state index is 11.8. The fraction of sp³-hybridized carbons (Fsp3) is 0.688. The predicted molar refractivity (Wildman–Crippen MR) is 72.5 cm³/mol. The van der Waals surface area contributed by atoms with Crippen molar-refractivity contribution >= 4 is 5.97 Å². The molecule has 0 radical (unpaired) electrons. The standard InChI is InChI=1S/C16H22O3/c1-9-5-6-12-10(2)15(17)19-14(12)13-11(9)7-8-16(13,3)18-4/h11-14H,1-2,5-8H2,3-4H3/t11?,12-,13?,14-,16-/m0/s1. The first-order valence-corrected chi connectivity index (χ1v) is 7.10. The van der Waals surface area contributed by atoms with Crippen LogP contribution in [-0.2, 0) is 14.3 Å². The number of carbonyl (C=O) groups is 1. The van der Waals surface area contributed by atoms with Crippen molar-refractivity contribution in [1.29, 1.82) is 0 Å². The zero-order valence-corrected chi connectivity index (χ0v) is 11.8. The highest BCUT2D eigenvalue weighted by Gasteiger charge is 2.57. The molecule has 2 aliphatic carbocycles. The Morgan fingerprint density at radius 2 is 2.05 bits per heavy atom. The van der Waals surface area contributed by atoms with Crippen molar-refractivity contribution in [3.63, 3.8) is 0 Å². The molecule has 19 heavy (non-hydrogen) atoms. The molecule has 3 aliphatic rings. The molecular formula is C16H22O3. The Kier molecular flexibility index (Phi) is 2.86. The van der Waals surface area contributed by atoms with E-state index in [0.717, 1.165) is 25.7 Å². The molecule has 0 spiro atoms. The van der Waals surface area contributed by atoms with Gasteiger partial charge in [0, 0.05) is 24.5 Å². The van der Waals surface area contributed by atoms with Gasteiger partial charge in [0.1, 0.15) is 6.10 Å². The number of ether oxygens (including phenoxy) is 2. The maximum Gasteiger partial charge on any atom is 0.334 e. The summed E-state index contributed by atoms with van der Waals surface area (Å²) >= 11 is 0. The van der Waals surface area contributed by atoms with Crippen LogP contribution in [0.25, 0.3) is 0 Å². The third kappa shape index (κ3) is 1.71. The molecule has 3 nitrogen and oxygen atoms in total. The van der Waals surface area contributed by atoms with Crippen LogP contribution in [0.4, 0.5) is 0 Å². The lowest BCUT2D eigenvalue weighted by atomic mass is 9.77. The summed E-state index contributed by atoms with van der Waals surface area (Å²) in [6.07, 6.45) is 3.92. The predicted octanol–water partition coefficient (Wildman–Crippen LogP) is 2.87. The van der Waals surface area contributed by atoms with Crippen LogP contribution in [0.5, 0.6) is 0 Å². The molecule has 0 aromatic carbocycles. The lowest BCUT2D eigenvalue weighted by Gasteiger charge is -2.36. The second kappa shape index (κ2) is 4.20. The summed E-state index contributed by atoms with van der Waals surface area (Å²) in [5.74, 6) is 0.567. The molecule has 1 heterocycles. The van der Waals surface area contributed by atoms with E-state index >= 15 is 0 Å². The molecule has 0 N–H and O–H groups in total. The summed E-state index contributed by atoms with van der Waals surface area (Å²) in [7, 11) is 1.76. The minimum Gasteiger partial charge on any atom is -0.458 e. The number of allylic oxidation sites excluding steroid dienone is 1. The van der Waals surface area contributed by atoms with Gasteiger partial charge in [-0.3, -0.25) is 0 Å². The highest BCUT2D eigenvalue weighted by molar-refractivity contribution is 5.90. The molecule has 2 saturated carbocycles.